The van der Waals surface area contributed by atoms with Gasteiger partial charge in [0.1, 0.15) is 11.9 Å². The van der Waals surface area contributed by atoms with Crippen molar-refractivity contribution >= 4 is 11.8 Å². The fourth-order valence-electron chi connectivity index (χ4n) is 4.51. The maximum atomic E-state index is 12.9. The number of esters is 1. The largest absolute Gasteiger partial charge is 0.462 e. The van der Waals surface area contributed by atoms with Gasteiger partial charge in [0.05, 0.1) is 24.2 Å². The molecule has 0 spiro atoms. The Bertz CT molecular complexity index is 535. The maximum Gasteiger partial charge on any atom is 0.311 e. The molecule has 1 aliphatic rings. The van der Waals surface area contributed by atoms with Crippen molar-refractivity contribution in [2.75, 3.05) is 0 Å². The van der Waals surface area contributed by atoms with Crippen molar-refractivity contribution in [3.63, 3.8) is 0 Å². The van der Waals surface area contributed by atoms with Crippen LogP contribution in [-0.2, 0) is 14.3 Å². The highest BCUT2D eigenvalue weighted by Crippen LogP contribution is 2.31. The number of unbranched alkanes of at least 4 members (excludes halogenated alkanes) is 1. The van der Waals surface area contributed by atoms with Crippen molar-refractivity contribution < 1.29 is 29.6 Å². The minimum atomic E-state index is -1.06. The third-order valence-electron chi connectivity index (χ3n) is 6.95. The summed E-state index contributed by atoms with van der Waals surface area (Å²) < 4.78 is 5.73. The lowest BCUT2D eigenvalue weighted by Crippen LogP contribution is -2.45. The minimum absolute atomic E-state index is 0.0532. The summed E-state index contributed by atoms with van der Waals surface area (Å²) in [7, 11) is 0. The lowest BCUT2D eigenvalue weighted by Gasteiger charge is -2.36. The van der Waals surface area contributed by atoms with Crippen molar-refractivity contribution in [1.82, 2.24) is 0 Å². The average molecular weight is 415 g/mol. The number of ketones is 1. The third kappa shape index (κ3) is 6.50. The Morgan fingerprint density at radius 2 is 1.41 bits per heavy atom. The number of hydrogen-bond acceptors (Lipinski definition) is 6. The molecule has 0 radical (unpaired) electrons. The van der Waals surface area contributed by atoms with Crippen LogP contribution < -0.4 is 0 Å². The maximum absolute atomic E-state index is 12.9. The second-order valence-corrected chi connectivity index (χ2v) is 9.40. The minimum Gasteiger partial charge on any atom is -0.462 e. The summed E-state index contributed by atoms with van der Waals surface area (Å²) in [5.41, 5.74) is 0. The van der Waals surface area contributed by atoms with Crippen LogP contribution in [0.2, 0.25) is 0 Å². The zero-order chi connectivity index (χ0) is 22.5. The van der Waals surface area contributed by atoms with E-state index in [1.54, 1.807) is 20.8 Å². The lowest BCUT2D eigenvalue weighted by molar-refractivity contribution is -0.166. The number of carbonyl (C=O) groups is 2. The van der Waals surface area contributed by atoms with Crippen molar-refractivity contribution in [1.29, 1.82) is 0 Å². The van der Waals surface area contributed by atoms with E-state index in [1.165, 1.54) is 0 Å². The number of aliphatic hydroxyl groups excluding tert-OH is 3. The number of aliphatic hydroxyl groups is 3. The van der Waals surface area contributed by atoms with Crippen LogP contribution in [0.3, 0.4) is 0 Å². The molecule has 3 N–H and O–H groups in total. The molecule has 6 heteroatoms. The van der Waals surface area contributed by atoms with Crippen molar-refractivity contribution in [2.24, 2.45) is 35.5 Å². The van der Waals surface area contributed by atoms with Gasteiger partial charge in [-0.2, -0.15) is 0 Å². The van der Waals surface area contributed by atoms with Gasteiger partial charge in [0.15, 0.2) is 0 Å². The summed E-state index contributed by atoms with van der Waals surface area (Å²) >= 11 is 0. The van der Waals surface area contributed by atoms with E-state index in [0.717, 1.165) is 12.8 Å². The first-order valence-corrected chi connectivity index (χ1v) is 11.2. The second-order valence-electron chi connectivity index (χ2n) is 9.40. The summed E-state index contributed by atoms with van der Waals surface area (Å²) in [6.45, 7) is 12.6. The molecule has 29 heavy (non-hydrogen) atoms. The normalized spacial score (nSPS) is 43.5. The second kappa shape index (κ2) is 11.4. The summed E-state index contributed by atoms with van der Waals surface area (Å²) in [5.74, 6) is -3.45. The van der Waals surface area contributed by atoms with Gasteiger partial charge < -0.3 is 20.1 Å². The van der Waals surface area contributed by atoms with E-state index >= 15 is 0 Å². The number of hydrogen-bond donors (Lipinski definition) is 3. The Morgan fingerprint density at radius 1 is 0.862 bits per heavy atom. The van der Waals surface area contributed by atoms with Crippen LogP contribution >= 0.6 is 0 Å². The third-order valence-corrected chi connectivity index (χ3v) is 6.95. The van der Waals surface area contributed by atoms with Crippen LogP contribution in [-0.4, -0.2) is 51.5 Å². The van der Waals surface area contributed by atoms with Crippen molar-refractivity contribution in [3.8, 4) is 0 Å². The predicted molar refractivity (Wildman–Crippen MR) is 112 cm³/mol. The Morgan fingerprint density at radius 3 is 1.97 bits per heavy atom. The van der Waals surface area contributed by atoms with Gasteiger partial charge in [0.25, 0.3) is 0 Å². The number of ether oxygens (including phenoxy) is 1. The van der Waals surface area contributed by atoms with Crippen LogP contribution in [0.25, 0.3) is 0 Å². The molecule has 1 heterocycles. The van der Waals surface area contributed by atoms with Gasteiger partial charge in [0, 0.05) is 23.7 Å². The van der Waals surface area contributed by atoms with E-state index in [0.29, 0.717) is 12.8 Å². The number of rotatable bonds is 3. The highest BCUT2D eigenvalue weighted by molar-refractivity contribution is 5.83. The highest BCUT2D eigenvalue weighted by atomic mass is 16.5. The van der Waals surface area contributed by atoms with Crippen LogP contribution in [0.4, 0.5) is 0 Å². The number of cyclic esters (lactones) is 1. The first-order valence-electron chi connectivity index (χ1n) is 11.2. The molecule has 1 saturated heterocycles. The average Bonchev–Trinajstić information content (AvgIpc) is 2.71. The first kappa shape index (κ1) is 26.1. The van der Waals surface area contributed by atoms with Gasteiger partial charge in [0.2, 0.25) is 0 Å². The van der Waals surface area contributed by atoms with Gasteiger partial charge in [-0.05, 0) is 25.7 Å². The van der Waals surface area contributed by atoms with Gasteiger partial charge in [-0.1, -0.05) is 54.4 Å². The molecule has 0 amide bonds. The van der Waals surface area contributed by atoms with Gasteiger partial charge in [-0.25, -0.2) is 0 Å². The SMILES string of the molecule is CCCCC1OC(=O)[C@H](C)[C@@H](O)[C@H](C)[C@@H](O)C(C)C[C@@H](C)C(=O)[C@H](C)[C@@H](O)[C@H]1C. The molecular weight excluding hydrogens is 372 g/mol. The Kier molecular flexibility index (Phi) is 10.3. The monoisotopic (exact) mass is 414 g/mol. The van der Waals surface area contributed by atoms with Gasteiger partial charge >= 0.3 is 5.97 Å². The summed E-state index contributed by atoms with van der Waals surface area (Å²) in [4.78, 5) is 25.6. The Balaban J connectivity index is 3.25. The van der Waals surface area contributed by atoms with Crippen LogP contribution in [0.5, 0.6) is 0 Å². The zero-order valence-corrected chi connectivity index (χ0v) is 19.2. The van der Waals surface area contributed by atoms with Crippen LogP contribution in [0.1, 0.15) is 74.1 Å². The van der Waals surface area contributed by atoms with Gasteiger partial charge in [-0.3, -0.25) is 9.59 Å². The van der Waals surface area contributed by atoms with Crippen molar-refractivity contribution in [3.05, 3.63) is 0 Å². The van der Waals surface area contributed by atoms with E-state index < -0.39 is 54.1 Å². The van der Waals surface area contributed by atoms with E-state index in [2.05, 4.69) is 0 Å². The lowest BCUT2D eigenvalue weighted by atomic mass is 9.77. The molecule has 0 aromatic heterocycles. The van der Waals surface area contributed by atoms with E-state index in [4.69, 9.17) is 4.74 Å². The highest BCUT2D eigenvalue weighted by Gasteiger charge is 2.40. The fourth-order valence-corrected chi connectivity index (χ4v) is 4.51. The topological polar surface area (TPSA) is 104 Å². The molecule has 1 fully saturated rings. The molecule has 0 saturated carbocycles. The molecule has 10 atom stereocenters. The molecule has 6 nitrogen and oxygen atoms in total. The quantitative estimate of drug-likeness (QED) is 0.614. The number of Topliss-reactive ketones (excluding diaryl/α,β-unsaturated/α-hetero) is 1. The molecule has 1 aliphatic heterocycles. The molecule has 0 bridgehead atoms. The molecule has 0 aliphatic carbocycles. The summed E-state index contributed by atoms with van der Waals surface area (Å²) in [6, 6.07) is 0. The van der Waals surface area contributed by atoms with Gasteiger partial charge in [-0.15, -0.1) is 0 Å². The first-order chi connectivity index (χ1) is 13.4. The Hall–Kier alpha value is -0.980. The molecule has 0 aromatic carbocycles. The summed E-state index contributed by atoms with van der Waals surface area (Å²) in [6.07, 6.45) is -0.566. The summed E-state index contributed by atoms with van der Waals surface area (Å²) in [5, 5.41) is 32.2. The molecule has 2 unspecified atom stereocenters. The predicted octanol–water partition coefficient (Wildman–Crippen LogP) is 2.96. The van der Waals surface area contributed by atoms with E-state index in [1.807, 2.05) is 27.7 Å². The molecule has 0 aromatic rings. The zero-order valence-electron chi connectivity index (χ0n) is 19.2. The van der Waals surface area contributed by atoms with E-state index in [-0.39, 0.29) is 17.6 Å². The van der Waals surface area contributed by atoms with Crippen LogP contribution in [0, 0.1) is 35.5 Å². The standard InChI is InChI=1S/C23H42O6/c1-8-9-10-18-14(4)21(26)15(5)19(24)12(2)11-13(3)20(25)16(6)22(27)17(7)23(28)29-18/h12-18,20-22,25-27H,8-11H2,1-7H3/t12-,13?,14+,15+,16-,17-,18?,20+,21+,22+/m1/s1. The van der Waals surface area contributed by atoms with Crippen molar-refractivity contribution in [2.45, 2.75) is 98.6 Å². The van der Waals surface area contributed by atoms with Crippen LogP contribution in [0.15, 0.2) is 0 Å². The molecule has 1 rings (SSSR count). The Labute approximate surface area is 176 Å². The fraction of sp³-hybridized carbons (Fsp3) is 0.913. The molecule has 170 valence electrons. The van der Waals surface area contributed by atoms with E-state index in [9.17, 15) is 24.9 Å². The number of carbonyl (C=O) groups excluding carboxylic acids is 2. The molecular formula is C23H42O6. The smallest absolute Gasteiger partial charge is 0.311 e.